The van der Waals surface area contributed by atoms with Crippen molar-refractivity contribution in [2.24, 2.45) is 0 Å². The first-order valence-corrected chi connectivity index (χ1v) is 8.31. The summed E-state index contributed by atoms with van der Waals surface area (Å²) >= 11 is 0. The molecule has 0 aliphatic heterocycles. The molecule has 0 aliphatic carbocycles. The molecule has 112 valence electrons. The average Bonchev–Trinajstić information content (AvgIpc) is 2.46. The number of anilines is 1. The first-order chi connectivity index (χ1) is 9.88. The molecule has 0 aliphatic rings. The van der Waals surface area contributed by atoms with E-state index in [0.29, 0.717) is 11.6 Å². The first-order valence-electron chi connectivity index (χ1n) is 6.82. The van der Waals surface area contributed by atoms with Crippen LogP contribution in [0.2, 0.25) is 0 Å². The van der Waals surface area contributed by atoms with E-state index in [4.69, 9.17) is 5.73 Å². The SMILES string of the molecule is CC(C)c1ccc(CNS(=O)(=O)c2ccc(N)cc2)cc1. The van der Waals surface area contributed by atoms with E-state index in [2.05, 4.69) is 18.6 Å². The summed E-state index contributed by atoms with van der Waals surface area (Å²) < 4.78 is 26.9. The minimum Gasteiger partial charge on any atom is -0.399 e. The van der Waals surface area contributed by atoms with Gasteiger partial charge in [-0.1, -0.05) is 38.1 Å². The average molecular weight is 304 g/mol. The van der Waals surface area contributed by atoms with Gasteiger partial charge in [0, 0.05) is 12.2 Å². The van der Waals surface area contributed by atoms with Gasteiger partial charge in [0.2, 0.25) is 10.0 Å². The third-order valence-corrected chi connectivity index (χ3v) is 4.72. The Morgan fingerprint density at radius 2 is 1.57 bits per heavy atom. The van der Waals surface area contributed by atoms with E-state index in [1.807, 2.05) is 24.3 Å². The van der Waals surface area contributed by atoms with Crippen LogP contribution in [-0.2, 0) is 16.6 Å². The van der Waals surface area contributed by atoms with E-state index >= 15 is 0 Å². The van der Waals surface area contributed by atoms with Crippen molar-refractivity contribution in [3.05, 3.63) is 59.7 Å². The highest BCUT2D eigenvalue weighted by atomic mass is 32.2. The van der Waals surface area contributed by atoms with Crippen LogP contribution in [0, 0.1) is 0 Å². The Kier molecular flexibility index (Phi) is 4.65. The maximum absolute atomic E-state index is 12.1. The summed E-state index contributed by atoms with van der Waals surface area (Å²) in [5.74, 6) is 0.463. The molecule has 4 nitrogen and oxygen atoms in total. The molecule has 0 radical (unpaired) electrons. The molecule has 3 N–H and O–H groups in total. The van der Waals surface area contributed by atoms with E-state index in [0.717, 1.165) is 5.56 Å². The van der Waals surface area contributed by atoms with Crippen LogP contribution in [-0.4, -0.2) is 8.42 Å². The summed E-state index contributed by atoms with van der Waals surface area (Å²) in [4.78, 5) is 0.218. The number of nitrogens with two attached hydrogens (primary N) is 1. The van der Waals surface area contributed by atoms with Crippen LogP contribution >= 0.6 is 0 Å². The standard InChI is InChI=1S/C16H20N2O2S/c1-12(2)14-5-3-13(4-6-14)11-18-21(19,20)16-9-7-15(17)8-10-16/h3-10,12,18H,11,17H2,1-2H3. The topological polar surface area (TPSA) is 72.2 Å². The Morgan fingerprint density at radius 3 is 2.10 bits per heavy atom. The highest BCUT2D eigenvalue weighted by Crippen LogP contribution is 2.16. The molecule has 2 aromatic carbocycles. The Labute approximate surface area is 126 Å². The molecule has 0 fully saturated rings. The molecule has 0 aromatic heterocycles. The lowest BCUT2D eigenvalue weighted by atomic mass is 10.0. The number of hydrogen-bond acceptors (Lipinski definition) is 3. The maximum Gasteiger partial charge on any atom is 0.240 e. The minimum absolute atomic E-state index is 0.218. The van der Waals surface area contributed by atoms with Gasteiger partial charge in [-0.05, 0) is 41.3 Å². The lowest BCUT2D eigenvalue weighted by Gasteiger charge is -2.09. The van der Waals surface area contributed by atoms with E-state index in [1.165, 1.54) is 17.7 Å². The summed E-state index contributed by atoms with van der Waals surface area (Å²) in [6.45, 7) is 4.52. The molecule has 0 saturated heterocycles. The minimum atomic E-state index is -3.51. The van der Waals surface area contributed by atoms with Crippen LogP contribution in [0.5, 0.6) is 0 Å². The van der Waals surface area contributed by atoms with Crippen LogP contribution < -0.4 is 10.5 Å². The normalized spacial score (nSPS) is 11.8. The zero-order valence-corrected chi connectivity index (χ0v) is 13.0. The van der Waals surface area contributed by atoms with Crippen molar-refractivity contribution < 1.29 is 8.42 Å². The smallest absolute Gasteiger partial charge is 0.240 e. The van der Waals surface area contributed by atoms with Crippen LogP contribution in [0.1, 0.15) is 30.9 Å². The zero-order chi connectivity index (χ0) is 15.5. The molecule has 2 aromatic rings. The quantitative estimate of drug-likeness (QED) is 0.834. The van der Waals surface area contributed by atoms with Crippen molar-refractivity contribution in [1.29, 1.82) is 0 Å². The Bertz CT molecular complexity index is 690. The Morgan fingerprint density at radius 1 is 1.00 bits per heavy atom. The Balaban J connectivity index is 2.06. The molecule has 5 heteroatoms. The molecule has 0 saturated carbocycles. The Hall–Kier alpha value is -1.85. The molecule has 0 spiro atoms. The predicted octanol–water partition coefficient (Wildman–Crippen LogP) is 2.87. The zero-order valence-electron chi connectivity index (χ0n) is 12.2. The number of rotatable bonds is 5. The second-order valence-electron chi connectivity index (χ2n) is 5.29. The number of sulfonamides is 1. The summed E-state index contributed by atoms with van der Waals surface area (Å²) in [6, 6.07) is 14.1. The van der Waals surface area contributed by atoms with Gasteiger partial charge in [0.25, 0.3) is 0 Å². The van der Waals surface area contributed by atoms with E-state index in [-0.39, 0.29) is 11.4 Å². The van der Waals surface area contributed by atoms with Gasteiger partial charge >= 0.3 is 0 Å². The molecule has 0 amide bonds. The van der Waals surface area contributed by atoms with Crippen LogP contribution in [0.4, 0.5) is 5.69 Å². The van der Waals surface area contributed by atoms with Gasteiger partial charge in [-0.2, -0.15) is 0 Å². The molecular formula is C16H20N2O2S. The van der Waals surface area contributed by atoms with Crippen molar-refractivity contribution in [3.8, 4) is 0 Å². The highest BCUT2D eigenvalue weighted by Gasteiger charge is 2.13. The number of benzene rings is 2. The van der Waals surface area contributed by atoms with E-state index in [9.17, 15) is 8.42 Å². The van der Waals surface area contributed by atoms with Gasteiger partial charge in [-0.25, -0.2) is 13.1 Å². The molecule has 0 bridgehead atoms. The largest absolute Gasteiger partial charge is 0.399 e. The van der Waals surface area contributed by atoms with Crippen molar-refractivity contribution in [2.75, 3.05) is 5.73 Å². The fourth-order valence-corrected chi connectivity index (χ4v) is 2.95. The fraction of sp³-hybridized carbons (Fsp3) is 0.250. The first kappa shape index (κ1) is 15.5. The second-order valence-corrected chi connectivity index (χ2v) is 7.06. The van der Waals surface area contributed by atoms with E-state index in [1.54, 1.807) is 12.1 Å². The van der Waals surface area contributed by atoms with Gasteiger partial charge in [-0.3, -0.25) is 0 Å². The lowest BCUT2D eigenvalue weighted by molar-refractivity contribution is 0.581. The summed E-state index contributed by atoms with van der Waals surface area (Å²) in [7, 11) is -3.51. The van der Waals surface area contributed by atoms with Crippen LogP contribution in [0.3, 0.4) is 0 Å². The number of hydrogen-bond donors (Lipinski definition) is 2. The lowest BCUT2D eigenvalue weighted by Crippen LogP contribution is -2.23. The maximum atomic E-state index is 12.1. The summed E-state index contributed by atoms with van der Waals surface area (Å²) in [5.41, 5.74) is 8.26. The monoisotopic (exact) mass is 304 g/mol. The number of nitrogens with one attached hydrogen (secondary N) is 1. The van der Waals surface area contributed by atoms with Crippen molar-refractivity contribution in [1.82, 2.24) is 4.72 Å². The molecule has 0 heterocycles. The van der Waals surface area contributed by atoms with Gasteiger partial charge < -0.3 is 5.73 Å². The molecule has 2 rings (SSSR count). The third-order valence-electron chi connectivity index (χ3n) is 3.30. The van der Waals surface area contributed by atoms with E-state index < -0.39 is 10.0 Å². The highest BCUT2D eigenvalue weighted by molar-refractivity contribution is 7.89. The predicted molar refractivity (Wildman–Crippen MR) is 85.4 cm³/mol. The fourth-order valence-electron chi connectivity index (χ4n) is 1.93. The van der Waals surface area contributed by atoms with Crippen molar-refractivity contribution in [3.63, 3.8) is 0 Å². The summed E-state index contributed by atoms with van der Waals surface area (Å²) in [5, 5.41) is 0. The number of nitrogen functional groups attached to an aromatic ring is 1. The van der Waals surface area contributed by atoms with Gasteiger partial charge in [0.1, 0.15) is 0 Å². The molecular weight excluding hydrogens is 284 g/mol. The molecule has 0 atom stereocenters. The summed E-state index contributed by atoms with van der Waals surface area (Å²) in [6.07, 6.45) is 0. The van der Waals surface area contributed by atoms with Crippen molar-refractivity contribution in [2.45, 2.75) is 31.2 Å². The third kappa shape index (κ3) is 4.06. The molecule has 21 heavy (non-hydrogen) atoms. The van der Waals surface area contributed by atoms with Crippen LogP contribution in [0.15, 0.2) is 53.4 Å². The second kappa shape index (κ2) is 6.28. The molecule has 0 unspecified atom stereocenters. The van der Waals surface area contributed by atoms with Crippen molar-refractivity contribution >= 4 is 15.7 Å². The van der Waals surface area contributed by atoms with Crippen LogP contribution in [0.25, 0.3) is 0 Å². The van der Waals surface area contributed by atoms with Gasteiger partial charge in [0.15, 0.2) is 0 Å². The van der Waals surface area contributed by atoms with Gasteiger partial charge in [-0.15, -0.1) is 0 Å². The van der Waals surface area contributed by atoms with Gasteiger partial charge in [0.05, 0.1) is 4.90 Å².